The normalized spacial score (nSPS) is 17.3. The fourth-order valence-corrected chi connectivity index (χ4v) is 3.07. The Morgan fingerprint density at radius 2 is 1.89 bits per heavy atom. The van der Waals surface area contributed by atoms with Crippen molar-refractivity contribution in [2.45, 2.75) is 18.9 Å². The number of nitrogens with one attached hydrogen (secondary N) is 1. The lowest BCUT2D eigenvalue weighted by molar-refractivity contribution is 0.624. The topological polar surface area (TPSA) is 12.0 Å². The van der Waals surface area contributed by atoms with Gasteiger partial charge in [-0.05, 0) is 54.3 Å². The van der Waals surface area contributed by atoms with E-state index in [4.69, 9.17) is 11.6 Å². The van der Waals surface area contributed by atoms with Crippen LogP contribution in [0.1, 0.15) is 11.1 Å². The SMILES string of the molecule is Fc1ccc(Br)cc1NC1Cc2ccc(Cl)cc2C1. The third-order valence-electron chi connectivity index (χ3n) is 3.39. The van der Waals surface area contributed by atoms with E-state index in [9.17, 15) is 4.39 Å². The highest BCUT2D eigenvalue weighted by Crippen LogP contribution is 2.28. The van der Waals surface area contributed by atoms with E-state index in [1.165, 1.54) is 17.2 Å². The lowest BCUT2D eigenvalue weighted by atomic mass is 10.1. The van der Waals surface area contributed by atoms with Crippen LogP contribution in [0.3, 0.4) is 0 Å². The van der Waals surface area contributed by atoms with Crippen molar-refractivity contribution < 1.29 is 4.39 Å². The third kappa shape index (κ3) is 2.77. The molecular formula is C15H12BrClFN. The van der Waals surface area contributed by atoms with Gasteiger partial charge in [-0.1, -0.05) is 33.6 Å². The molecule has 2 aromatic carbocycles. The fraction of sp³-hybridized carbons (Fsp3) is 0.200. The number of anilines is 1. The first-order valence-corrected chi connectivity index (χ1v) is 7.28. The van der Waals surface area contributed by atoms with Gasteiger partial charge in [0, 0.05) is 15.5 Å². The molecule has 1 atom stereocenters. The molecule has 4 heteroatoms. The molecule has 0 aliphatic heterocycles. The van der Waals surface area contributed by atoms with Crippen LogP contribution in [0.25, 0.3) is 0 Å². The van der Waals surface area contributed by atoms with Crippen molar-refractivity contribution >= 4 is 33.2 Å². The monoisotopic (exact) mass is 339 g/mol. The summed E-state index contributed by atoms with van der Waals surface area (Å²) in [6, 6.07) is 11.1. The molecule has 1 N–H and O–H groups in total. The first kappa shape index (κ1) is 12.9. The van der Waals surface area contributed by atoms with Gasteiger partial charge in [0.05, 0.1) is 5.69 Å². The highest BCUT2D eigenvalue weighted by atomic mass is 79.9. The molecule has 0 heterocycles. The number of benzene rings is 2. The van der Waals surface area contributed by atoms with E-state index in [1.54, 1.807) is 12.1 Å². The Kier molecular flexibility index (Phi) is 3.50. The molecule has 1 nitrogen and oxygen atoms in total. The van der Waals surface area contributed by atoms with Gasteiger partial charge in [-0.25, -0.2) is 4.39 Å². The Hall–Kier alpha value is -1.06. The van der Waals surface area contributed by atoms with Gasteiger partial charge in [-0.15, -0.1) is 0 Å². The summed E-state index contributed by atoms with van der Waals surface area (Å²) in [5.41, 5.74) is 3.08. The second-order valence-electron chi connectivity index (χ2n) is 4.79. The zero-order valence-corrected chi connectivity index (χ0v) is 12.4. The fourth-order valence-electron chi connectivity index (χ4n) is 2.52. The van der Waals surface area contributed by atoms with Crippen molar-refractivity contribution in [1.29, 1.82) is 0 Å². The summed E-state index contributed by atoms with van der Waals surface area (Å²) in [6.45, 7) is 0. The van der Waals surface area contributed by atoms with Gasteiger partial charge >= 0.3 is 0 Å². The number of rotatable bonds is 2. The molecular weight excluding hydrogens is 329 g/mol. The van der Waals surface area contributed by atoms with Gasteiger partial charge in [0.25, 0.3) is 0 Å². The van der Waals surface area contributed by atoms with Crippen LogP contribution in [-0.4, -0.2) is 6.04 Å². The molecule has 98 valence electrons. The van der Waals surface area contributed by atoms with E-state index in [2.05, 4.69) is 27.3 Å². The van der Waals surface area contributed by atoms with Crippen LogP contribution in [0.2, 0.25) is 5.02 Å². The van der Waals surface area contributed by atoms with E-state index in [1.807, 2.05) is 12.1 Å². The van der Waals surface area contributed by atoms with Crippen molar-refractivity contribution in [3.05, 3.63) is 62.8 Å². The van der Waals surface area contributed by atoms with Crippen LogP contribution in [0, 0.1) is 5.82 Å². The van der Waals surface area contributed by atoms with Gasteiger partial charge in [0.2, 0.25) is 0 Å². The number of hydrogen-bond donors (Lipinski definition) is 1. The molecule has 0 aromatic heterocycles. The van der Waals surface area contributed by atoms with E-state index in [-0.39, 0.29) is 11.9 Å². The Bertz CT molecular complexity index is 630. The van der Waals surface area contributed by atoms with Gasteiger partial charge < -0.3 is 5.32 Å². The zero-order chi connectivity index (χ0) is 13.4. The van der Waals surface area contributed by atoms with Crippen LogP contribution in [-0.2, 0) is 12.8 Å². The van der Waals surface area contributed by atoms with Crippen molar-refractivity contribution in [3.8, 4) is 0 Å². The summed E-state index contributed by atoms with van der Waals surface area (Å²) < 4.78 is 14.6. The number of fused-ring (bicyclic) bond motifs is 1. The van der Waals surface area contributed by atoms with Crippen LogP contribution in [0.5, 0.6) is 0 Å². The molecule has 3 rings (SSSR count). The third-order valence-corrected chi connectivity index (χ3v) is 4.12. The molecule has 0 saturated heterocycles. The van der Waals surface area contributed by atoms with Gasteiger partial charge in [-0.3, -0.25) is 0 Å². The summed E-state index contributed by atoms with van der Waals surface area (Å²) in [6.07, 6.45) is 1.78. The zero-order valence-electron chi connectivity index (χ0n) is 10.1. The molecule has 2 aromatic rings. The molecule has 0 fully saturated rings. The van der Waals surface area contributed by atoms with Crippen molar-refractivity contribution in [2.75, 3.05) is 5.32 Å². The number of halogens is 3. The molecule has 1 unspecified atom stereocenters. The highest BCUT2D eigenvalue weighted by Gasteiger charge is 2.22. The van der Waals surface area contributed by atoms with E-state index < -0.39 is 0 Å². The molecule has 1 aliphatic carbocycles. The largest absolute Gasteiger partial charge is 0.379 e. The summed E-state index contributed by atoms with van der Waals surface area (Å²) in [5.74, 6) is -0.225. The molecule has 1 aliphatic rings. The van der Waals surface area contributed by atoms with Crippen molar-refractivity contribution in [3.63, 3.8) is 0 Å². The Balaban J connectivity index is 1.78. The van der Waals surface area contributed by atoms with Gasteiger partial charge in [-0.2, -0.15) is 0 Å². The van der Waals surface area contributed by atoms with Gasteiger partial charge in [0.1, 0.15) is 5.82 Å². The summed E-state index contributed by atoms with van der Waals surface area (Å²) in [7, 11) is 0. The Morgan fingerprint density at radius 1 is 1.11 bits per heavy atom. The lowest BCUT2D eigenvalue weighted by Crippen LogP contribution is -2.20. The lowest BCUT2D eigenvalue weighted by Gasteiger charge is -2.14. The minimum Gasteiger partial charge on any atom is -0.379 e. The van der Waals surface area contributed by atoms with Crippen LogP contribution in [0.15, 0.2) is 40.9 Å². The Morgan fingerprint density at radius 3 is 2.74 bits per heavy atom. The second kappa shape index (κ2) is 5.14. The predicted octanol–water partition coefficient (Wildman–Crippen LogP) is 4.82. The Labute approximate surface area is 124 Å². The molecule has 0 saturated carbocycles. The average Bonchev–Trinajstić information content (AvgIpc) is 2.75. The molecule has 0 amide bonds. The van der Waals surface area contributed by atoms with E-state index >= 15 is 0 Å². The van der Waals surface area contributed by atoms with Crippen LogP contribution >= 0.6 is 27.5 Å². The molecule has 0 radical (unpaired) electrons. The number of hydrogen-bond acceptors (Lipinski definition) is 1. The van der Waals surface area contributed by atoms with E-state index in [0.29, 0.717) is 5.69 Å². The summed E-state index contributed by atoms with van der Waals surface area (Å²) in [5, 5.41) is 4.03. The second-order valence-corrected chi connectivity index (χ2v) is 6.14. The smallest absolute Gasteiger partial charge is 0.146 e. The average molecular weight is 341 g/mol. The highest BCUT2D eigenvalue weighted by molar-refractivity contribution is 9.10. The van der Waals surface area contributed by atoms with E-state index in [0.717, 1.165) is 22.3 Å². The first-order valence-electron chi connectivity index (χ1n) is 6.11. The minimum absolute atomic E-state index is 0.220. The molecule has 19 heavy (non-hydrogen) atoms. The molecule has 0 bridgehead atoms. The van der Waals surface area contributed by atoms with Crippen molar-refractivity contribution in [2.24, 2.45) is 0 Å². The van der Waals surface area contributed by atoms with Gasteiger partial charge in [0.15, 0.2) is 0 Å². The minimum atomic E-state index is -0.225. The predicted molar refractivity (Wildman–Crippen MR) is 80.4 cm³/mol. The maximum atomic E-state index is 13.7. The summed E-state index contributed by atoms with van der Waals surface area (Å²) >= 11 is 9.35. The first-order chi connectivity index (χ1) is 9.11. The maximum absolute atomic E-state index is 13.7. The van der Waals surface area contributed by atoms with Crippen LogP contribution < -0.4 is 5.32 Å². The van der Waals surface area contributed by atoms with Crippen molar-refractivity contribution in [1.82, 2.24) is 0 Å². The quantitative estimate of drug-likeness (QED) is 0.826. The van der Waals surface area contributed by atoms with Crippen LogP contribution in [0.4, 0.5) is 10.1 Å². The maximum Gasteiger partial charge on any atom is 0.146 e. The molecule has 0 spiro atoms. The standard InChI is InChI=1S/C15H12BrClFN/c16-11-2-4-14(18)15(8-11)19-13-6-9-1-3-12(17)5-10(9)7-13/h1-5,8,13,19H,6-7H2. The summed E-state index contributed by atoms with van der Waals surface area (Å²) in [4.78, 5) is 0.